The maximum Gasteiger partial charge on any atom is 0.400 e. The van der Waals surface area contributed by atoms with E-state index in [0.717, 1.165) is 10.1 Å². The lowest BCUT2D eigenvalue weighted by Crippen LogP contribution is -2.44. The number of carbonyl (C=O) groups is 1. The largest absolute Gasteiger partial charge is 0.469 e. The van der Waals surface area contributed by atoms with E-state index in [9.17, 15) is 14.4 Å². The molecule has 40 heavy (non-hydrogen) atoms. The van der Waals surface area contributed by atoms with E-state index in [0.29, 0.717) is 27.6 Å². The Morgan fingerprint density at radius 1 is 1.00 bits per heavy atom. The standard InChI is InChI=1S/C28H24ClN5O6/c1-17(24(35)38-2)15-34-26(36)32-25(33(28(34)37)16-18-7-9-19(29)10-8-18)30-20-11-13-21(14-12-20)39-27-31-22-5-3-4-6-23(22)40-27/h3-14,17H,15-16H2,1-2H3,(H,30,32,36)/t17-/m0/s1. The molecule has 0 amide bonds. The normalized spacial score (nSPS) is 11.8. The molecule has 0 aliphatic carbocycles. The smallest absolute Gasteiger partial charge is 0.400 e. The second kappa shape index (κ2) is 11.5. The van der Waals surface area contributed by atoms with E-state index < -0.39 is 23.3 Å². The molecule has 0 saturated heterocycles. The zero-order chi connectivity index (χ0) is 28.2. The van der Waals surface area contributed by atoms with Crippen LogP contribution in [0.25, 0.3) is 11.1 Å². The lowest BCUT2D eigenvalue weighted by molar-refractivity contribution is -0.145. The molecule has 204 valence electrons. The highest BCUT2D eigenvalue weighted by atomic mass is 35.5. The highest BCUT2D eigenvalue weighted by Crippen LogP contribution is 2.26. The predicted octanol–water partition coefficient (Wildman–Crippen LogP) is 4.59. The van der Waals surface area contributed by atoms with Crippen molar-refractivity contribution in [2.24, 2.45) is 5.92 Å². The zero-order valence-corrected chi connectivity index (χ0v) is 22.3. The SMILES string of the molecule is COC(=O)[C@@H](C)Cn1c(=O)nc(Nc2ccc(Oc3nc4ccccc4o3)cc2)n(Cc2ccc(Cl)cc2)c1=O. The van der Waals surface area contributed by atoms with Crippen LogP contribution < -0.4 is 21.4 Å². The number of fused-ring (bicyclic) bond motifs is 1. The second-order valence-corrected chi connectivity index (χ2v) is 9.38. The average Bonchev–Trinajstić information content (AvgIpc) is 3.37. The first-order valence-corrected chi connectivity index (χ1v) is 12.6. The van der Waals surface area contributed by atoms with Gasteiger partial charge >= 0.3 is 23.4 Å². The van der Waals surface area contributed by atoms with Gasteiger partial charge in [-0.15, -0.1) is 0 Å². The molecule has 0 spiro atoms. The van der Waals surface area contributed by atoms with E-state index in [4.69, 9.17) is 25.5 Å². The van der Waals surface area contributed by atoms with Crippen molar-refractivity contribution in [2.45, 2.75) is 20.0 Å². The van der Waals surface area contributed by atoms with Gasteiger partial charge in [0.1, 0.15) is 11.3 Å². The number of nitrogens with zero attached hydrogens (tertiary/aromatic N) is 4. The first-order chi connectivity index (χ1) is 19.3. The number of methoxy groups -OCH3 is 1. The van der Waals surface area contributed by atoms with Gasteiger partial charge < -0.3 is 19.2 Å². The quantitative estimate of drug-likeness (QED) is 0.257. The van der Waals surface area contributed by atoms with Crippen LogP contribution >= 0.6 is 11.6 Å². The van der Waals surface area contributed by atoms with Gasteiger partial charge in [0, 0.05) is 17.3 Å². The average molecular weight is 562 g/mol. The molecule has 12 heteroatoms. The third kappa shape index (κ3) is 5.89. The first-order valence-electron chi connectivity index (χ1n) is 12.2. The third-order valence-corrected chi connectivity index (χ3v) is 6.31. The van der Waals surface area contributed by atoms with Crippen LogP contribution in [0.3, 0.4) is 0 Å². The summed E-state index contributed by atoms with van der Waals surface area (Å²) in [5.41, 5.74) is 1.15. The molecule has 1 N–H and O–H groups in total. The molecule has 0 aliphatic rings. The lowest BCUT2D eigenvalue weighted by Gasteiger charge is -2.17. The topological polar surface area (TPSA) is 130 Å². The summed E-state index contributed by atoms with van der Waals surface area (Å²) in [6.07, 6.45) is 0.102. The van der Waals surface area contributed by atoms with Crippen LogP contribution in [-0.2, 0) is 22.6 Å². The Morgan fingerprint density at radius 2 is 1.73 bits per heavy atom. The minimum Gasteiger partial charge on any atom is -0.469 e. The number of halogens is 1. The minimum absolute atomic E-state index is 0.0274. The van der Waals surface area contributed by atoms with Crippen molar-refractivity contribution in [3.8, 4) is 11.8 Å². The minimum atomic E-state index is -0.800. The van der Waals surface area contributed by atoms with Gasteiger partial charge in [-0.2, -0.15) is 9.97 Å². The number of carbonyl (C=O) groups excluding carboxylic acids is 1. The number of hydrogen-bond acceptors (Lipinski definition) is 9. The number of nitrogens with one attached hydrogen (secondary N) is 1. The molecule has 5 rings (SSSR count). The van der Waals surface area contributed by atoms with E-state index >= 15 is 0 Å². The molecule has 5 aromatic rings. The van der Waals surface area contributed by atoms with Gasteiger partial charge in [-0.05, 0) is 54.1 Å². The second-order valence-electron chi connectivity index (χ2n) is 8.95. The fraction of sp³-hybridized carbons (Fsp3) is 0.179. The molecule has 1 atom stereocenters. The number of esters is 1. The van der Waals surface area contributed by atoms with E-state index in [2.05, 4.69) is 15.3 Å². The van der Waals surface area contributed by atoms with Gasteiger partial charge in [0.05, 0.1) is 19.6 Å². The molecule has 0 fully saturated rings. The van der Waals surface area contributed by atoms with Crippen molar-refractivity contribution in [3.05, 3.63) is 104 Å². The number of para-hydroxylation sites is 2. The number of aromatic nitrogens is 4. The molecule has 0 unspecified atom stereocenters. The van der Waals surface area contributed by atoms with Gasteiger partial charge in [-0.3, -0.25) is 9.36 Å². The fourth-order valence-corrected chi connectivity index (χ4v) is 4.10. The summed E-state index contributed by atoms with van der Waals surface area (Å²) in [6, 6.07) is 21.0. The molecular weight excluding hydrogens is 538 g/mol. The summed E-state index contributed by atoms with van der Waals surface area (Å²) in [7, 11) is 1.25. The van der Waals surface area contributed by atoms with Crippen LogP contribution in [0.15, 0.2) is 86.8 Å². The van der Waals surface area contributed by atoms with Crippen LogP contribution in [0.4, 0.5) is 11.6 Å². The van der Waals surface area contributed by atoms with Gasteiger partial charge in [-0.25, -0.2) is 14.2 Å². The summed E-state index contributed by atoms with van der Waals surface area (Å²) < 4.78 is 18.3. The summed E-state index contributed by atoms with van der Waals surface area (Å²) >= 11 is 6.01. The van der Waals surface area contributed by atoms with Crippen LogP contribution in [0.1, 0.15) is 12.5 Å². The summed E-state index contributed by atoms with van der Waals surface area (Å²) in [5, 5.41) is 3.59. The van der Waals surface area contributed by atoms with Crippen molar-refractivity contribution in [1.82, 2.24) is 19.1 Å². The van der Waals surface area contributed by atoms with Crippen molar-refractivity contribution in [1.29, 1.82) is 0 Å². The predicted molar refractivity (Wildman–Crippen MR) is 148 cm³/mol. The summed E-state index contributed by atoms with van der Waals surface area (Å²) in [6.45, 7) is 1.48. The summed E-state index contributed by atoms with van der Waals surface area (Å²) in [5.74, 6) is -0.776. The molecule has 0 saturated carbocycles. The number of hydrogen-bond donors (Lipinski definition) is 1. The van der Waals surface area contributed by atoms with Crippen LogP contribution in [0, 0.1) is 5.92 Å². The monoisotopic (exact) mass is 561 g/mol. The van der Waals surface area contributed by atoms with E-state index in [1.807, 2.05) is 18.2 Å². The molecule has 11 nitrogen and oxygen atoms in total. The maximum atomic E-state index is 13.5. The molecule has 0 aliphatic heterocycles. The van der Waals surface area contributed by atoms with Crippen molar-refractivity contribution >= 4 is 40.3 Å². The Hall–Kier alpha value is -4.90. The van der Waals surface area contributed by atoms with Crippen molar-refractivity contribution < 1.29 is 18.7 Å². The van der Waals surface area contributed by atoms with Gasteiger partial charge in [0.25, 0.3) is 0 Å². The zero-order valence-electron chi connectivity index (χ0n) is 21.5. The Balaban J connectivity index is 1.43. The van der Waals surface area contributed by atoms with Crippen LogP contribution in [-0.4, -0.2) is 32.2 Å². The molecule has 2 heterocycles. The van der Waals surface area contributed by atoms with Gasteiger partial charge in [0.2, 0.25) is 5.95 Å². The number of anilines is 2. The van der Waals surface area contributed by atoms with Crippen molar-refractivity contribution in [3.63, 3.8) is 0 Å². The van der Waals surface area contributed by atoms with E-state index in [-0.39, 0.29) is 25.1 Å². The lowest BCUT2D eigenvalue weighted by atomic mass is 10.2. The third-order valence-electron chi connectivity index (χ3n) is 6.05. The molecule has 0 bridgehead atoms. The van der Waals surface area contributed by atoms with Crippen LogP contribution in [0.2, 0.25) is 5.02 Å². The molecular formula is C28H24ClN5O6. The Morgan fingerprint density at radius 3 is 2.42 bits per heavy atom. The summed E-state index contributed by atoms with van der Waals surface area (Å²) in [4.78, 5) is 46.7. The Labute approximate surface area is 232 Å². The van der Waals surface area contributed by atoms with Crippen LogP contribution in [0.5, 0.6) is 11.8 Å². The Kier molecular flexibility index (Phi) is 7.65. The number of rotatable bonds is 9. The number of ether oxygens (including phenoxy) is 2. The molecule has 2 aromatic heterocycles. The maximum absolute atomic E-state index is 13.5. The number of benzene rings is 3. The highest BCUT2D eigenvalue weighted by Gasteiger charge is 2.20. The van der Waals surface area contributed by atoms with Gasteiger partial charge in [-0.1, -0.05) is 42.8 Å². The molecule has 3 aromatic carbocycles. The van der Waals surface area contributed by atoms with Gasteiger partial charge in [0.15, 0.2) is 5.58 Å². The van der Waals surface area contributed by atoms with E-state index in [1.54, 1.807) is 61.5 Å². The highest BCUT2D eigenvalue weighted by molar-refractivity contribution is 6.30. The number of oxazole rings is 1. The van der Waals surface area contributed by atoms with Crippen molar-refractivity contribution in [2.75, 3.05) is 12.4 Å². The fourth-order valence-electron chi connectivity index (χ4n) is 3.98. The molecule has 0 radical (unpaired) electrons. The van der Waals surface area contributed by atoms with E-state index in [1.165, 1.54) is 11.7 Å². The first kappa shape index (κ1) is 26.7. The Bertz CT molecular complexity index is 1740.